The molecule has 0 amide bonds. The van der Waals surface area contributed by atoms with Gasteiger partial charge in [-0.15, -0.1) is 0 Å². The van der Waals surface area contributed by atoms with Gasteiger partial charge in [0.05, 0.1) is 19.0 Å². The Bertz CT molecular complexity index is 382. The minimum atomic E-state index is -0.406. The van der Waals surface area contributed by atoms with Crippen LogP contribution in [-0.4, -0.2) is 29.4 Å². The van der Waals surface area contributed by atoms with Crippen molar-refractivity contribution in [1.29, 1.82) is 0 Å². The first-order valence-electron chi connectivity index (χ1n) is 4.60. The molecule has 0 aromatic carbocycles. The van der Waals surface area contributed by atoms with Gasteiger partial charge in [0.2, 0.25) is 0 Å². The second kappa shape index (κ2) is 4.75. The summed E-state index contributed by atoms with van der Waals surface area (Å²) in [5.74, 6) is -0.406. The molecule has 0 unspecified atom stereocenters. The van der Waals surface area contributed by atoms with E-state index in [9.17, 15) is 4.79 Å². The Labute approximate surface area is 88.5 Å². The van der Waals surface area contributed by atoms with Crippen molar-refractivity contribution in [3.8, 4) is 0 Å². The van der Waals surface area contributed by atoms with E-state index in [1.54, 1.807) is 11.7 Å². The van der Waals surface area contributed by atoms with Gasteiger partial charge in [-0.25, -0.2) is 4.79 Å². The van der Waals surface area contributed by atoms with Crippen molar-refractivity contribution in [3.05, 3.63) is 24.0 Å². The summed E-state index contributed by atoms with van der Waals surface area (Å²) < 4.78 is 6.26. The Balaban J connectivity index is 3.09. The van der Waals surface area contributed by atoms with Crippen LogP contribution in [0, 0.1) is 0 Å². The maximum absolute atomic E-state index is 11.4. The highest BCUT2D eigenvalue weighted by Gasteiger charge is 2.18. The number of hydrogen-bond acceptors (Lipinski definition) is 4. The highest BCUT2D eigenvalue weighted by atomic mass is 16.5. The maximum Gasteiger partial charge on any atom is 0.341 e. The first-order chi connectivity index (χ1) is 7.11. The molecule has 1 heterocycles. The highest BCUT2D eigenvalue weighted by molar-refractivity contribution is 5.94. The van der Waals surface area contributed by atoms with Gasteiger partial charge in [-0.2, -0.15) is 5.10 Å². The van der Waals surface area contributed by atoms with Crippen LogP contribution in [0.25, 0.3) is 5.57 Å². The molecule has 1 aromatic rings. The standard InChI is InChI=1S/C10H15N3O2/c1-7(4-5-11)9-8(10(14)15-3)6-12-13(9)2/h6H,1,4-5,11H2,2-3H3. The SMILES string of the molecule is C=C(CCN)c1c(C(=O)OC)cnn1C. The fourth-order valence-corrected chi connectivity index (χ4v) is 1.41. The van der Waals surface area contributed by atoms with E-state index in [2.05, 4.69) is 16.4 Å². The van der Waals surface area contributed by atoms with E-state index in [1.807, 2.05) is 0 Å². The number of aromatic nitrogens is 2. The number of nitrogens with two attached hydrogens (primary N) is 1. The molecule has 0 radical (unpaired) electrons. The molecule has 5 heteroatoms. The van der Waals surface area contributed by atoms with E-state index in [1.165, 1.54) is 13.3 Å². The summed E-state index contributed by atoms with van der Waals surface area (Å²) in [5, 5.41) is 4.00. The Morgan fingerprint density at radius 2 is 2.40 bits per heavy atom. The molecular weight excluding hydrogens is 194 g/mol. The largest absolute Gasteiger partial charge is 0.465 e. The van der Waals surface area contributed by atoms with Gasteiger partial charge in [-0.3, -0.25) is 4.68 Å². The first-order valence-corrected chi connectivity index (χ1v) is 4.60. The number of aryl methyl sites for hydroxylation is 1. The number of nitrogens with zero attached hydrogens (tertiary/aromatic N) is 2. The number of hydrogen-bond donors (Lipinski definition) is 1. The zero-order valence-corrected chi connectivity index (χ0v) is 8.99. The molecule has 0 aliphatic rings. The third kappa shape index (κ3) is 2.24. The third-order valence-electron chi connectivity index (χ3n) is 2.13. The van der Waals surface area contributed by atoms with E-state index >= 15 is 0 Å². The molecule has 2 N–H and O–H groups in total. The molecule has 0 aliphatic heterocycles. The molecule has 1 rings (SSSR count). The summed E-state index contributed by atoms with van der Waals surface area (Å²) >= 11 is 0. The molecule has 0 spiro atoms. The Morgan fingerprint density at radius 3 is 2.93 bits per heavy atom. The normalized spacial score (nSPS) is 10.1. The van der Waals surface area contributed by atoms with Crippen LogP contribution in [0.2, 0.25) is 0 Å². The number of rotatable bonds is 4. The average molecular weight is 209 g/mol. The molecule has 82 valence electrons. The van der Waals surface area contributed by atoms with Crippen molar-refractivity contribution < 1.29 is 9.53 Å². The summed E-state index contributed by atoms with van der Waals surface area (Å²) in [6.07, 6.45) is 2.10. The lowest BCUT2D eigenvalue weighted by Gasteiger charge is -2.07. The van der Waals surface area contributed by atoms with Gasteiger partial charge >= 0.3 is 5.97 Å². The molecule has 0 saturated heterocycles. The number of esters is 1. The molecule has 0 fully saturated rings. The molecule has 0 aliphatic carbocycles. The van der Waals surface area contributed by atoms with Gasteiger partial charge in [-0.05, 0) is 18.5 Å². The molecule has 5 nitrogen and oxygen atoms in total. The summed E-state index contributed by atoms with van der Waals surface area (Å²) in [6.45, 7) is 4.37. The Kier molecular flexibility index (Phi) is 3.62. The zero-order valence-electron chi connectivity index (χ0n) is 8.99. The number of ether oxygens (including phenoxy) is 1. The quantitative estimate of drug-likeness (QED) is 0.736. The van der Waals surface area contributed by atoms with Crippen molar-refractivity contribution >= 4 is 11.5 Å². The lowest BCUT2D eigenvalue weighted by molar-refractivity contribution is 0.0600. The molecule has 0 bridgehead atoms. The van der Waals surface area contributed by atoms with Crippen LogP contribution in [0.15, 0.2) is 12.8 Å². The lowest BCUT2D eigenvalue weighted by Crippen LogP contribution is -2.08. The molecule has 0 atom stereocenters. The number of methoxy groups -OCH3 is 1. The van der Waals surface area contributed by atoms with E-state index in [-0.39, 0.29) is 0 Å². The summed E-state index contributed by atoms with van der Waals surface area (Å²) in [6, 6.07) is 0. The molecular formula is C10H15N3O2. The van der Waals surface area contributed by atoms with Crippen LogP contribution in [0.5, 0.6) is 0 Å². The van der Waals surface area contributed by atoms with Crippen molar-refractivity contribution in [2.24, 2.45) is 12.8 Å². The van der Waals surface area contributed by atoms with Gasteiger partial charge < -0.3 is 10.5 Å². The summed E-state index contributed by atoms with van der Waals surface area (Å²) in [5.41, 5.74) is 7.34. The van der Waals surface area contributed by atoms with Crippen LogP contribution in [0.1, 0.15) is 22.5 Å². The van der Waals surface area contributed by atoms with Crippen molar-refractivity contribution in [1.82, 2.24) is 9.78 Å². The maximum atomic E-state index is 11.4. The second-order valence-electron chi connectivity index (χ2n) is 3.16. The molecule has 15 heavy (non-hydrogen) atoms. The predicted molar refractivity (Wildman–Crippen MR) is 57.3 cm³/mol. The van der Waals surface area contributed by atoms with Crippen LogP contribution < -0.4 is 5.73 Å². The fourth-order valence-electron chi connectivity index (χ4n) is 1.41. The Hall–Kier alpha value is -1.62. The number of carbonyl (C=O) groups is 1. The number of carbonyl (C=O) groups excluding carboxylic acids is 1. The molecule has 1 aromatic heterocycles. The first kappa shape index (κ1) is 11.5. The van der Waals surface area contributed by atoms with Crippen molar-refractivity contribution in [2.75, 3.05) is 13.7 Å². The zero-order chi connectivity index (χ0) is 11.4. The van der Waals surface area contributed by atoms with Crippen LogP contribution >= 0.6 is 0 Å². The summed E-state index contributed by atoms with van der Waals surface area (Å²) in [4.78, 5) is 11.4. The minimum absolute atomic E-state index is 0.406. The molecule has 0 saturated carbocycles. The fraction of sp³-hybridized carbons (Fsp3) is 0.400. The smallest absolute Gasteiger partial charge is 0.341 e. The van der Waals surface area contributed by atoms with Gasteiger partial charge in [0, 0.05) is 7.05 Å². The average Bonchev–Trinajstić information content (AvgIpc) is 2.59. The van der Waals surface area contributed by atoms with Gasteiger partial charge in [-0.1, -0.05) is 6.58 Å². The van der Waals surface area contributed by atoms with E-state index < -0.39 is 5.97 Å². The van der Waals surface area contributed by atoms with Crippen molar-refractivity contribution in [3.63, 3.8) is 0 Å². The van der Waals surface area contributed by atoms with E-state index in [0.717, 1.165) is 5.57 Å². The van der Waals surface area contributed by atoms with Crippen LogP contribution in [-0.2, 0) is 11.8 Å². The minimum Gasteiger partial charge on any atom is -0.465 e. The predicted octanol–water partition coefficient (Wildman–Crippen LogP) is 0.569. The second-order valence-corrected chi connectivity index (χ2v) is 3.16. The topological polar surface area (TPSA) is 70.1 Å². The Morgan fingerprint density at radius 1 is 1.73 bits per heavy atom. The van der Waals surface area contributed by atoms with E-state index in [4.69, 9.17) is 5.73 Å². The van der Waals surface area contributed by atoms with Crippen LogP contribution in [0.3, 0.4) is 0 Å². The monoisotopic (exact) mass is 209 g/mol. The van der Waals surface area contributed by atoms with Gasteiger partial charge in [0.15, 0.2) is 0 Å². The van der Waals surface area contributed by atoms with Gasteiger partial charge in [0.25, 0.3) is 0 Å². The third-order valence-corrected chi connectivity index (χ3v) is 2.13. The summed E-state index contributed by atoms with van der Waals surface area (Å²) in [7, 11) is 3.09. The van der Waals surface area contributed by atoms with E-state index in [0.29, 0.717) is 24.2 Å². The van der Waals surface area contributed by atoms with Crippen LogP contribution in [0.4, 0.5) is 0 Å². The van der Waals surface area contributed by atoms with Crippen molar-refractivity contribution in [2.45, 2.75) is 6.42 Å². The lowest BCUT2D eigenvalue weighted by atomic mass is 10.1. The highest BCUT2D eigenvalue weighted by Crippen LogP contribution is 2.19. The van der Waals surface area contributed by atoms with Gasteiger partial charge in [0.1, 0.15) is 5.56 Å².